The Hall–Kier alpha value is -2.49. The zero-order chi connectivity index (χ0) is 27.4. The highest BCUT2D eigenvalue weighted by atomic mass is 35.5. The maximum Gasteiger partial charge on any atom is 0.244 e. The van der Waals surface area contributed by atoms with Crippen molar-refractivity contribution >= 4 is 50.7 Å². The molecule has 0 bridgehead atoms. The predicted molar refractivity (Wildman–Crippen MR) is 144 cm³/mol. The van der Waals surface area contributed by atoms with E-state index < -0.39 is 34.1 Å². The highest BCUT2D eigenvalue weighted by Gasteiger charge is 2.32. The fourth-order valence-corrected chi connectivity index (χ4v) is 4.65. The Bertz CT molecular complexity index is 1230. The Morgan fingerprint density at radius 3 is 2.25 bits per heavy atom. The lowest BCUT2D eigenvalue weighted by Crippen LogP contribution is -2.54. The van der Waals surface area contributed by atoms with Gasteiger partial charge in [-0.2, -0.15) is 0 Å². The van der Waals surface area contributed by atoms with Crippen LogP contribution in [0.2, 0.25) is 10.0 Å². The Kier molecular flexibility index (Phi) is 9.67. The second-order valence-corrected chi connectivity index (χ2v) is 12.4. The third-order valence-corrected chi connectivity index (χ3v) is 7.15. The maximum absolute atomic E-state index is 13.7. The van der Waals surface area contributed by atoms with Crippen molar-refractivity contribution in [3.63, 3.8) is 0 Å². The average Bonchev–Trinajstić information content (AvgIpc) is 2.75. The molecule has 11 heteroatoms. The standard InChI is InChI=1S/C25H33Cl2N3O5S/c1-16-8-11-22(35-6)21(12-16)30(36(7,33)34)15-23(31)29(17(2)24(32)28-25(3,4)5)14-18-9-10-19(26)20(27)13-18/h8-13,17H,14-15H2,1-7H3,(H,28,32)/t17-/m1/s1. The molecule has 0 spiro atoms. The number of nitrogens with one attached hydrogen (secondary N) is 1. The molecule has 0 fully saturated rings. The van der Waals surface area contributed by atoms with Gasteiger partial charge in [-0.3, -0.25) is 13.9 Å². The van der Waals surface area contributed by atoms with Gasteiger partial charge < -0.3 is 15.0 Å². The Morgan fingerprint density at radius 2 is 1.72 bits per heavy atom. The average molecular weight is 559 g/mol. The number of methoxy groups -OCH3 is 1. The van der Waals surface area contributed by atoms with E-state index in [0.717, 1.165) is 16.1 Å². The van der Waals surface area contributed by atoms with Crippen molar-refractivity contribution in [2.24, 2.45) is 0 Å². The summed E-state index contributed by atoms with van der Waals surface area (Å²) in [4.78, 5) is 28.0. The fraction of sp³-hybridized carbons (Fsp3) is 0.440. The number of halogens is 2. The van der Waals surface area contributed by atoms with Gasteiger partial charge in [-0.25, -0.2) is 8.42 Å². The fourth-order valence-electron chi connectivity index (χ4n) is 3.48. The Morgan fingerprint density at radius 1 is 1.08 bits per heavy atom. The van der Waals surface area contributed by atoms with Gasteiger partial charge in [-0.15, -0.1) is 0 Å². The molecule has 0 aromatic heterocycles. The second-order valence-electron chi connectivity index (χ2n) is 9.63. The minimum absolute atomic E-state index is 0.0109. The Balaban J connectivity index is 2.50. The van der Waals surface area contributed by atoms with E-state index in [2.05, 4.69) is 5.32 Å². The molecule has 0 aliphatic heterocycles. The lowest BCUT2D eigenvalue weighted by atomic mass is 10.1. The molecule has 2 amide bonds. The summed E-state index contributed by atoms with van der Waals surface area (Å²) in [7, 11) is -2.47. The number of hydrogen-bond donors (Lipinski definition) is 1. The number of benzene rings is 2. The molecule has 1 N–H and O–H groups in total. The third-order valence-electron chi connectivity index (χ3n) is 5.28. The molecule has 0 unspecified atom stereocenters. The summed E-state index contributed by atoms with van der Waals surface area (Å²) in [6.45, 7) is 8.37. The number of ether oxygens (including phenoxy) is 1. The van der Waals surface area contributed by atoms with Gasteiger partial charge in [0.2, 0.25) is 21.8 Å². The van der Waals surface area contributed by atoms with Crippen LogP contribution in [0.5, 0.6) is 5.75 Å². The van der Waals surface area contributed by atoms with Crippen LogP contribution in [0.1, 0.15) is 38.8 Å². The zero-order valence-electron chi connectivity index (χ0n) is 21.6. The predicted octanol–water partition coefficient (Wildman–Crippen LogP) is 4.41. The first kappa shape index (κ1) is 29.7. The molecular formula is C25H33Cl2N3O5S. The van der Waals surface area contributed by atoms with E-state index in [9.17, 15) is 18.0 Å². The van der Waals surface area contributed by atoms with Crippen LogP contribution in [0.3, 0.4) is 0 Å². The van der Waals surface area contributed by atoms with Crippen LogP contribution in [0.15, 0.2) is 36.4 Å². The van der Waals surface area contributed by atoms with Crippen molar-refractivity contribution in [3.05, 3.63) is 57.6 Å². The largest absolute Gasteiger partial charge is 0.495 e. The summed E-state index contributed by atoms with van der Waals surface area (Å²) in [5, 5.41) is 3.52. The Labute approximate surface area is 223 Å². The van der Waals surface area contributed by atoms with E-state index in [0.29, 0.717) is 21.4 Å². The topological polar surface area (TPSA) is 96.0 Å². The molecule has 0 aliphatic carbocycles. The van der Waals surface area contributed by atoms with E-state index in [4.69, 9.17) is 27.9 Å². The van der Waals surface area contributed by atoms with E-state index in [1.54, 1.807) is 50.2 Å². The van der Waals surface area contributed by atoms with E-state index in [1.165, 1.54) is 12.0 Å². The van der Waals surface area contributed by atoms with Gasteiger partial charge in [0.25, 0.3) is 0 Å². The van der Waals surface area contributed by atoms with Crippen LogP contribution in [0.4, 0.5) is 5.69 Å². The SMILES string of the molecule is COc1ccc(C)cc1N(CC(=O)N(Cc1ccc(Cl)c(Cl)c1)[C@H](C)C(=O)NC(C)(C)C)S(C)(=O)=O. The number of sulfonamides is 1. The van der Waals surface area contributed by atoms with Crippen LogP contribution in [0, 0.1) is 6.92 Å². The molecule has 2 aromatic rings. The summed E-state index contributed by atoms with van der Waals surface area (Å²) in [6.07, 6.45) is 1.01. The quantitative estimate of drug-likeness (QED) is 0.492. The first-order chi connectivity index (χ1) is 16.5. The molecule has 1 atom stereocenters. The van der Waals surface area contributed by atoms with Crippen LogP contribution in [-0.2, 0) is 26.2 Å². The lowest BCUT2D eigenvalue weighted by Gasteiger charge is -2.33. The molecule has 0 saturated heterocycles. The number of anilines is 1. The normalized spacial score (nSPS) is 12.6. The van der Waals surface area contributed by atoms with Gasteiger partial charge in [0.05, 0.1) is 29.1 Å². The van der Waals surface area contributed by atoms with Gasteiger partial charge in [-0.1, -0.05) is 35.3 Å². The van der Waals surface area contributed by atoms with Gasteiger partial charge in [-0.05, 0) is 70.0 Å². The molecule has 0 radical (unpaired) electrons. The van der Waals surface area contributed by atoms with Crippen molar-refractivity contribution < 1.29 is 22.7 Å². The molecular weight excluding hydrogens is 525 g/mol. The number of aryl methyl sites for hydroxylation is 1. The highest BCUT2D eigenvalue weighted by molar-refractivity contribution is 7.92. The van der Waals surface area contributed by atoms with Gasteiger partial charge in [0, 0.05) is 12.1 Å². The molecule has 198 valence electrons. The number of nitrogens with zero attached hydrogens (tertiary/aromatic N) is 2. The zero-order valence-corrected chi connectivity index (χ0v) is 23.9. The molecule has 2 rings (SSSR count). The van der Waals surface area contributed by atoms with Crippen molar-refractivity contribution in [2.45, 2.75) is 52.7 Å². The van der Waals surface area contributed by atoms with E-state index in [1.807, 2.05) is 20.8 Å². The number of hydrogen-bond acceptors (Lipinski definition) is 5. The summed E-state index contributed by atoms with van der Waals surface area (Å²) in [5.74, 6) is -0.657. The number of carbonyl (C=O) groups is 2. The van der Waals surface area contributed by atoms with E-state index >= 15 is 0 Å². The lowest BCUT2D eigenvalue weighted by molar-refractivity contribution is -0.140. The summed E-state index contributed by atoms with van der Waals surface area (Å²) >= 11 is 12.2. The van der Waals surface area contributed by atoms with Crippen molar-refractivity contribution in [3.8, 4) is 5.75 Å². The third kappa shape index (κ3) is 8.01. The monoisotopic (exact) mass is 557 g/mol. The first-order valence-corrected chi connectivity index (χ1v) is 13.8. The van der Waals surface area contributed by atoms with E-state index in [-0.39, 0.29) is 18.1 Å². The van der Waals surface area contributed by atoms with Crippen molar-refractivity contribution in [2.75, 3.05) is 24.2 Å². The minimum atomic E-state index is -3.89. The highest BCUT2D eigenvalue weighted by Crippen LogP contribution is 2.31. The molecule has 0 heterocycles. The van der Waals surface area contributed by atoms with Gasteiger partial charge in [0.15, 0.2) is 0 Å². The van der Waals surface area contributed by atoms with Crippen LogP contribution in [0.25, 0.3) is 0 Å². The van der Waals surface area contributed by atoms with Gasteiger partial charge >= 0.3 is 0 Å². The minimum Gasteiger partial charge on any atom is -0.495 e. The maximum atomic E-state index is 13.7. The smallest absolute Gasteiger partial charge is 0.244 e. The summed E-state index contributed by atoms with van der Waals surface area (Å²) in [5.41, 5.74) is 1.12. The second kappa shape index (κ2) is 11.7. The molecule has 2 aromatic carbocycles. The number of carbonyl (C=O) groups excluding carboxylic acids is 2. The summed E-state index contributed by atoms with van der Waals surface area (Å²) in [6, 6.07) is 9.04. The van der Waals surface area contributed by atoms with Crippen LogP contribution < -0.4 is 14.4 Å². The first-order valence-electron chi connectivity index (χ1n) is 11.2. The van der Waals surface area contributed by atoms with Crippen molar-refractivity contribution in [1.29, 1.82) is 0 Å². The van der Waals surface area contributed by atoms with Gasteiger partial charge in [0.1, 0.15) is 18.3 Å². The molecule has 0 aliphatic rings. The van der Waals surface area contributed by atoms with Crippen LogP contribution in [-0.4, -0.2) is 56.6 Å². The number of rotatable bonds is 9. The summed E-state index contributed by atoms with van der Waals surface area (Å²) < 4.78 is 31.9. The number of amides is 2. The molecule has 0 saturated carbocycles. The molecule has 8 nitrogen and oxygen atoms in total. The van der Waals surface area contributed by atoms with Crippen molar-refractivity contribution in [1.82, 2.24) is 10.2 Å². The van der Waals surface area contributed by atoms with Crippen LogP contribution >= 0.6 is 23.2 Å². The molecule has 36 heavy (non-hydrogen) atoms.